The van der Waals surface area contributed by atoms with Crippen LogP contribution < -0.4 is 10.1 Å². The van der Waals surface area contributed by atoms with Crippen molar-refractivity contribution in [1.82, 2.24) is 4.31 Å². The summed E-state index contributed by atoms with van der Waals surface area (Å²) in [6, 6.07) is 10.8. The van der Waals surface area contributed by atoms with Gasteiger partial charge in [0.15, 0.2) is 0 Å². The maximum atomic E-state index is 12.9. The van der Waals surface area contributed by atoms with Crippen LogP contribution in [0, 0.1) is 20.8 Å². The minimum Gasteiger partial charge on any atom is -0.493 e. The lowest BCUT2D eigenvalue weighted by Crippen LogP contribution is -2.35. The van der Waals surface area contributed by atoms with Gasteiger partial charge in [-0.25, -0.2) is 8.42 Å². The Kier molecular flexibility index (Phi) is 7.15. The van der Waals surface area contributed by atoms with Crippen molar-refractivity contribution in [1.29, 1.82) is 0 Å². The van der Waals surface area contributed by atoms with Gasteiger partial charge >= 0.3 is 0 Å². The Balaban J connectivity index is 1.62. The van der Waals surface area contributed by atoms with Gasteiger partial charge in [0.2, 0.25) is 15.9 Å². The third kappa shape index (κ3) is 5.61. The lowest BCUT2D eigenvalue weighted by molar-refractivity contribution is -0.116. The molecule has 0 aromatic heterocycles. The van der Waals surface area contributed by atoms with Gasteiger partial charge in [-0.15, -0.1) is 0 Å². The first-order valence-electron chi connectivity index (χ1n) is 10.4. The SMILES string of the molecule is Cc1cc(C)cc(OCCC(=O)Nc2cc(S(=O)(=O)N3CCCCC3)ccc2C)c1. The normalized spacial score (nSPS) is 15.0. The van der Waals surface area contributed by atoms with Gasteiger partial charge in [-0.1, -0.05) is 18.6 Å². The van der Waals surface area contributed by atoms with Crippen LogP contribution in [0.4, 0.5) is 5.69 Å². The third-order valence-corrected chi connectivity index (χ3v) is 7.12. The monoisotopic (exact) mass is 430 g/mol. The quantitative estimate of drug-likeness (QED) is 0.714. The molecule has 0 unspecified atom stereocenters. The number of benzene rings is 2. The second-order valence-electron chi connectivity index (χ2n) is 7.91. The van der Waals surface area contributed by atoms with Crippen LogP contribution in [0.3, 0.4) is 0 Å². The molecular weight excluding hydrogens is 400 g/mol. The van der Waals surface area contributed by atoms with Crippen LogP contribution in [0.1, 0.15) is 42.4 Å². The van der Waals surface area contributed by atoms with E-state index < -0.39 is 10.0 Å². The molecule has 3 rings (SSSR count). The lowest BCUT2D eigenvalue weighted by atomic mass is 10.1. The largest absolute Gasteiger partial charge is 0.493 e. The van der Waals surface area contributed by atoms with Crippen LogP contribution in [-0.4, -0.2) is 38.3 Å². The fourth-order valence-electron chi connectivity index (χ4n) is 3.64. The van der Waals surface area contributed by atoms with Crippen LogP contribution >= 0.6 is 0 Å². The highest BCUT2D eigenvalue weighted by Crippen LogP contribution is 2.25. The average molecular weight is 431 g/mol. The molecule has 0 bridgehead atoms. The van der Waals surface area contributed by atoms with Gasteiger partial charge in [0, 0.05) is 18.8 Å². The molecule has 1 saturated heterocycles. The van der Waals surface area contributed by atoms with Crippen molar-refractivity contribution < 1.29 is 17.9 Å². The molecule has 1 aliphatic heterocycles. The molecule has 0 spiro atoms. The van der Waals surface area contributed by atoms with E-state index in [1.807, 2.05) is 32.9 Å². The number of aryl methyl sites for hydroxylation is 3. The summed E-state index contributed by atoms with van der Waals surface area (Å²) in [5, 5.41) is 2.83. The van der Waals surface area contributed by atoms with Crippen LogP contribution in [0.2, 0.25) is 0 Å². The van der Waals surface area contributed by atoms with Crippen LogP contribution in [-0.2, 0) is 14.8 Å². The molecule has 6 nitrogen and oxygen atoms in total. The molecule has 0 atom stereocenters. The zero-order chi connectivity index (χ0) is 21.7. The molecular formula is C23H30N2O4S. The highest BCUT2D eigenvalue weighted by atomic mass is 32.2. The second kappa shape index (κ2) is 9.62. The van der Waals surface area contributed by atoms with E-state index in [-0.39, 0.29) is 23.8 Å². The zero-order valence-corrected chi connectivity index (χ0v) is 18.7. The maximum absolute atomic E-state index is 12.9. The number of hydrogen-bond acceptors (Lipinski definition) is 4. The smallest absolute Gasteiger partial charge is 0.243 e. The highest BCUT2D eigenvalue weighted by molar-refractivity contribution is 7.89. The number of carbonyl (C=O) groups is 1. The minimum absolute atomic E-state index is 0.176. The number of nitrogens with zero attached hydrogens (tertiary/aromatic N) is 1. The van der Waals surface area contributed by atoms with E-state index in [0.717, 1.165) is 41.7 Å². The molecule has 0 saturated carbocycles. The molecule has 30 heavy (non-hydrogen) atoms. The van der Waals surface area contributed by atoms with Gasteiger partial charge in [-0.05, 0) is 74.6 Å². The van der Waals surface area contributed by atoms with Gasteiger partial charge in [0.05, 0.1) is 17.9 Å². The van der Waals surface area contributed by atoms with Crippen molar-refractivity contribution in [3.8, 4) is 5.75 Å². The number of nitrogens with one attached hydrogen (secondary N) is 1. The molecule has 0 aliphatic carbocycles. The standard InChI is InChI=1S/C23H30N2O4S/c1-17-13-18(2)15-20(14-17)29-12-9-23(26)24-22-16-21(8-7-19(22)3)30(27,28)25-10-5-4-6-11-25/h7-8,13-16H,4-6,9-12H2,1-3H3,(H,24,26). The maximum Gasteiger partial charge on any atom is 0.243 e. The summed E-state index contributed by atoms with van der Waals surface area (Å²) in [7, 11) is -3.54. The van der Waals surface area contributed by atoms with Crippen molar-refractivity contribution >= 4 is 21.6 Å². The number of hydrogen-bond donors (Lipinski definition) is 1. The summed E-state index contributed by atoms with van der Waals surface area (Å²) in [5.74, 6) is 0.529. The van der Waals surface area contributed by atoms with E-state index in [1.54, 1.807) is 18.2 Å². The Hall–Kier alpha value is -2.38. The van der Waals surface area contributed by atoms with Gasteiger partial charge in [-0.3, -0.25) is 4.79 Å². The highest BCUT2D eigenvalue weighted by Gasteiger charge is 2.26. The Labute approximate surface area is 179 Å². The fraction of sp³-hybridized carbons (Fsp3) is 0.435. The van der Waals surface area contributed by atoms with Gasteiger partial charge in [-0.2, -0.15) is 4.31 Å². The minimum atomic E-state index is -3.54. The Morgan fingerprint density at radius 2 is 1.67 bits per heavy atom. The summed E-state index contributed by atoms with van der Waals surface area (Å²) in [5.41, 5.74) is 3.55. The van der Waals surface area contributed by atoms with E-state index in [4.69, 9.17) is 4.74 Å². The number of anilines is 1. The van der Waals surface area contributed by atoms with Crippen molar-refractivity contribution in [2.45, 2.75) is 51.3 Å². The zero-order valence-electron chi connectivity index (χ0n) is 17.9. The summed E-state index contributed by atoms with van der Waals surface area (Å²) >= 11 is 0. The van der Waals surface area contributed by atoms with Crippen molar-refractivity contribution in [3.63, 3.8) is 0 Å². The number of carbonyl (C=O) groups excluding carboxylic acids is 1. The van der Waals surface area contributed by atoms with Crippen molar-refractivity contribution in [3.05, 3.63) is 53.1 Å². The molecule has 1 amide bonds. The second-order valence-corrected chi connectivity index (χ2v) is 9.85. The van der Waals surface area contributed by atoms with Crippen molar-refractivity contribution in [2.75, 3.05) is 25.0 Å². The molecule has 1 fully saturated rings. The van der Waals surface area contributed by atoms with Gasteiger partial charge in [0.25, 0.3) is 0 Å². The Morgan fingerprint density at radius 1 is 1.00 bits per heavy atom. The van der Waals surface area contributed by atoms with Crippen LogP contribution in [0.25, 0.3) is 0 Å². The molecule has 1 heterocycles. The number of ether oxygens (including phenoxy) is 1. The van der Waals surface area contributed by atoms with E-state index >= 15 is 0 Å². The van der Waals surface area contributed by atoms with Crippen LogP contribution in [0.5, 0.6) is 5.75 Å². The first-order chi connectivity index (χ1) is 14.3. The van der Waals surface area contributed by atoms with E-state index in [9.17, 15) is 13.2 Å². The molecule has 1 aliphatic rings. The average Bonchev–Trinajstić information content (AvgIpc) is 2.69. The number of amides is 1. The molecule has 0 radical (unpaired) electrons. The Bertz CT molecular complexity index is 992. The van der Waals surface area contributed by atoms with Crippen LogP contribution in [0.15, 0.2) is 41.3 Å². The Morgan fingerprint density at radius 3 is 2.33 bits per heavy atom. The summed E-state index contributed by atoms with van der Waals surface area (Å²) in [6.07, 6.45) is 3.01. The number of sulfonamides is 1. The predicted octanol–water partition coefficient (Wildman–Crippen LogP) is 4.19. The first-order valence-corrected chi connectivity index (χ1v) is 11.8. The van der Waals surface area contributed by atoms with Crippen molar-refractivity contribution in [2.24, 2.45) is 0 Å². The predicted molar refractivity (Wildman–Crippen MR) is 118 cm³/mol. The van der Waals surface area contributed by atoms with E-state index in [0.29, 0.717) is 18.8 Å². The van der Waals surface area contributed by atoms with E-state index in [1.165, 1.54) is 4.31 Å². The summed E-state index contributed by atoms with van der Waals surface area (Å²) in [6.45, 7) is 7.19. The summed E-state index contributed by atoms with van der Waals surface area (Å²) in [4.78, 5) is 12.6. The number of rotatable bonds is 7. The molecule has 2 aromatic rings. The summed E-state index contributed by atoms with van der Waals surface area (Å²) < 4.78 is 33.1. The van der Waals surface area contributed by atoms with Gasteiger partial charge in [0.1, 0.15) is 5.75 Å². The molecule has 162 valence electrons. The van der Waals surface area contributed by atoms with Gasteiger partial charge < -0.3 is 10.1 Å². The first kappa shape index (κ1) is 22.3. The third-order valence-electron chi connectivity index (χ3n) is 5.23. The fourth-order valence-corrected chi connectivity index (χ4v) is 5.18. The topological polar surface area (TPSA) is 75.7 Å². The lowest BCUT2D eigenvalue weighted by Gasteiger charge is -2.26. The number of piperidine rings is 1. The molecule has 7 heteroatoms. The molecule has 2 aromatic carbocycles. The molecule has 1 N–H and O–H groups in total. The van der Waals surface area contributed by atoms with E-state index in [2.05, 4.69) is 11.4 Å².